The average Bonchev–Trinajstić information content (AvgIpc) is 3.52. The molecular formula is C28H33F4N7O3S. The van der Waals surface area contributed by atoms with E-state index in [0.29, 0.717) is 25.6 Å². The average molecular weight is 624 g/mol. The largest absolute Gasteiger partial charge is 0.420 e. The Labute approximate surface area is 246 Å². The number of β-amino-alcohol motifs (C(OH)–C–C–N with tert-alkyl or cyclic N) is 1. The van der Waals surface area contributed by atoms with Gasteiger partial charge in [-0.1, -0.05) is 6.07 Å². The molecule has 2 aliphatic heterocycles. The van der Waals surface area contributed by atoms with Crippen LogP contribution in [0.1, 0.15) is 48.6 Å². The molecule has 4 heterocycles. The molecule has 0 radical (unpaired) electrons. The number of hydrogen-bond acceptors (Lipinski definition) is 8. The third kappa shape index (κ3) is 6.40. The van der Waals surface area contributed by atoms with Crippen LogP contribution in [0.5, 0.6) is 0 Å². The van der Waals surface area contributed by atoms with Gasteiger partial charge >= 0.3 is 6.18 Å². The highest BCUT2D eigenvalue weighted by Gasteiger charge is 2.44. The van der Waals surface area contributed by atoms with Gasteiger partial charge in [-0.2, -0.15) is 13.2 Å². The summed E-state index contributed by atoms with van der Waals surface area (Å²) in [4.78, 5) is 14.5. The van der Waals surface area contributed by atoms with E-state index in [0.717, 1.165) is 37.8 Å². The lowest BCUT2D eigenvalue weighted by atomic mass is 9.90. The van der Waals surface area contributed by atoms with Gasteiger partial charge in [0.25, 0.3) is 0 Å². The number of anilines is 1. The molecule has 2 aromatic heterocycles. The molecule has 0 unspecified atom stereocenters. The van der Waals surface area contributed by atoms with Gasteiger partial charge in [0, 0.05) is 57.1 Å². The van der Waals surface area contributed by atoms with E-state index in [4.69, 9.17) is 0 Å². The van der Waals surface area contributed by atoms with Crippen LogP contribution in [0.2, 0.25) is 0 Å². The molecule has 6 rings (SSSR count). The van der Waals surface area contributed by atoms with Crippen molar-refractivity contribution in [1.29, 1.82) is 0 Å². The summed E-state index contributed by atoms with van der Waals surface area (Å²) in [6.07, 6.45) is 0.919. The molecule has 1 aromatic carbocycles. The van der Waals surface area contributed by atoms with Crippen LogP contribution in [-0.2, 0) is 16.2 Å². The van der Waals surface area contributed by atoms with Gasteiger partial charge in [0.2, 0.25) is 16.0 Å². The first-order chi connectivity index (χ1) is 20.2. The molecule has 43 heavy (non-hydrogen) atoms. The lowest BCUT2D eigenvalue weighted by molar-refractivity contribution is -0.137. The summed E-state index contributed by atoms with van der Waals surface area (Å²) in [5, 5.41) is 13.1. The van der Waals surface area contributed by atoms with Gasteiger partial charge in [0.1, 0.15) is 28.6 Å². The van der Waals surface area contributed by atoms with Crippen molar-refractivity contribution in [3.63, 3.8) is 0 Å². The normalized spacial score (nSPS) is 20.3. The Kier molecular flexibility index (Phi) is 7.50. The summed E-state index contributed by atoms with van der Waals surface area (Å²) in [5.74, 6) is -0.133. The van der Waals surface area contributed by atoms with E-state index in [-0.39, 0.29) is 48.2 Å². The van der Waals surface area contributed by atoms with Crippen LogP contribution >= 0.6 is 0 Å². The Morgan fingerprint density at radius 2 is 1.84 bits per heavy atom. The van der Waals surface area contributed by atoms with Gasteiger partial charge in [-0.3, -0.25) is 4.90 Å². The van der Waals surface area contributed by atoms with Crippen LogP contribution in [0.25, 0.3) is 17.1 Å². The van der Waals surface area contributed by atoms with Gasteiger partial charge in [0.05, 0.1) is 17.5 Å². The van der Waals surface area contributed by atoms with Crippen LogP contribution in [0.3, 0.4) is 0 Å². The summed E-state index contributed by atoms with van der Waals surface area (Å²) < 4.78 is 83.6. The minimum atomic E-state index is -4.76. The molecular weight excluding hydrogens is 590 g/mol. The maximum Gasteiger partial charge on any atom is 0.420 e. The number of piperidine rings is 1. The van der Waals surface area contributed by atoms with Crippen molar-refractivity contribution in [2.45, 2.75) is 56.3 Å². The lowest BCUT2D eigenvalue weighted by Gasteiger charge is -2.40. The van der Waals surface area contributed by atoms with E-state index in [1.165, 1.54) is 21.1 Å². The Bertz CT molecular complexity index is 1630. The van der Waals surface area contributed by atoms with Crippen molar-refractivity contribution in [2.24, 2.45) is 0 Å². The molecule has 10 nitrogen and oxygen atoms in total. The van der Waals surface area contributed by atoms with Crippen molar-refractivity contribution in [2.75, 3.05) is 44.3 Å². The third-order valence-electron chi connectivity index (χ3n) is 8.48. The van der Waals surface area contributed by atoms with Crippen molar-refractivity contribution in [1.82, 2.24) is 28.7 Å². The first kappa shape index (κ1) is 29.9. The molecule has 3 aromatic rings. The molecule has 1 aliphatic carbocycles. The predicted molar refractivity (Wildman–Crippen MR) is 151 cm³/mol. The summed E-state index contributed by atoms with van der Waals surface area (Å²) in [6, 6.07) is 4.64. The van der Waals surface area contributed by atoms with Crippen molar-refractivity contribution < 1.29 is 31.1 Å². The zero-order valence-corrected chi connectivity index (χ0v) is 24.6. The number of rotatable bonds is 8. The van der Waals surface area contributed by atoms with E-state index in [1.54, 1.807) is 13.0 Å². The minimum absolute atomic E-state index is 0.0353. The van der Waals surface area contributed by atoms with Crippen LogP contribution in [0.15, 0.2) is 30.6 Å². The molecule has 15 heteroatoms. The van der Waals surface area contributed by atoms with Gasteiger partial charge in [-0.25, -0.2) is 32.1 Å². The fourth-order valence-corrected chi connectivity index (χ4v) is 6.67. The van der Waals surface area contributed by atoms with Crippen LogP contribution in [0, 0.1) is 12.7 Å². The van der Waals surface area contributed by atoms with Gasteiger partial charge < -0.3 is 15.0 Å². The summed E-state index contributed by atoms with van der Waals surface area (Å²) in [5.41, 5.74) is -1.19. The van der Waals surface area contributed by atoms with E-state index in [9.17, 15) is 26.7 Å². The highest BCUT2D eigenvalue weighted by Crippen LogP contribution is 2.39. The SMILES string of the molecule is Cc1nc(-c2nc(NC3CCN(S(C)(=O)=O)CC3)ncc2C(F)(F)F)cn1-c1ccc(C2CN(CC3(O)CC3)C2)cc1F. The Hall–Kier alpha value is -3.14. The molecule has 2 N–H and O–H groups in total. The second-order valence-electron chi connectivity index (χ2n) is 11.9. The number of alkyl halides is 3. The first-order valence-corrected chi connectivity index (χ1v) is 16.0. The minimum Gasteiger partial charge on any atom is -0.389 e. The quantitative estimate of drug-likeness (QED) is 0.366. The van der Waals surface area contributed by atoms with E-state index in [2.05, 4.69) is 25.2 Å². The maximum atomic E-state index is 15.4. The number of imidazole rings is 1. The number of halogens is 4. The van der Waals surface area contributed by atoms with Crippen LogP contribution in [0.4, 0.5) is 23.5 Å². The van der Waals surface area contributed by atoms with E-state index in [1.807, 2.05) is 6.07 Å². The molecule has 2 saturated heterocycles. The third-order valence-corrected chi connectivity index (χ3v) is 9.78. The molecule has 0 atom stereocenters. The van der Waals surface area contributed by atoms with Gasteiger partial charge in [-0.15, -0.1) is 0 Å². The number of aryl methyl sites for hydroxylation is 1. The smallest absolute Gasteiger partial charge is 0.389 e. The zero-order chi connectivity index (χ0) is 30.7. The number of sulfonamides is 1. The topological polar surface area (TPSA) is 116 Å². The number of benzene rings is 1. The fourth-order valence-electron chi connectivity index (χ4n) is 5.80. The number of aliphatic hydroxyl groups is 1. The van der Waals surface area contributed by atoms with Crippen LogP contribution in [-0.4, -0.2) is 92.9 Å². The predicted octanol–water partition coefficient (Wildman–Crippen LogP) is 3.56. The molecule has 1 saturated carbocycles. The standard InChI is InChI=1S/C28H33F4N7O3S/c1-17-34-23(15-39(17)24-4-3-18(11-22(24)29)19-13-37(14-19)16-27(40)7-8-27)25-21(28(30,31)32)12-33-26(36-25)35-20-5-9-38(10-6-20)43(2,41)42/h3-4,11-12,15,19-20,40H,5-10,13-14,16H2,1-2H3,(H,33,35,36). The maximum absolute atomic E-state index is 15.4. The van der Waals surface area contributed by atoms with E-state index >= 15 is 4.39 Å². The molecule has 3 aliphatic rings. The van der Waals surface area contributed by atoms with Gasteiger partial charge in [0.15, 0.2) is 0 Å². The molecule has 0 spiro atoms. The Balaban J connectivity index is 1.21. The van der Waals surface area contributed by atoms with E-state index < -0.39 is 38.9 Å². The summed E-state index contributed by atoms with van der Waals surface area (Å²) in [7, 11) is -3.32. The molecule has 232 valence electrons. The number of hydrogen-bond donors (Lipinski definition) is 2. The van der Waals surface area contributed by atoms with Gasteiger partial charge in [-0.05, 0) is 50.3 Å². The monoisotopic (exact) mass is 623 g/mol. The number of aromatic nitrogens is 4. The number of nitrogens with one attached hydrogen (secondary N) is 1. The molecule has 0 bridgehead atoms. The van der Waals surface area contributed by atoms with Crippen molar-refractivity contribution >= 4 is 16.0 Å². The molecule has 0 amide bonds. The summed E-state index contributed by atoms with van der Waals surface area (Å²) >= 11 is 0. The van der Waals surface area contributed by atoms with Crippen molar-refractivity contribution in [3.05, 3.63) is 53.4 Å². The zero-order valence-electron chi connectivity index (χ0n) is 23.8. The van der Waals surface area contributed by atoms with Crippen LogP contribution < -0.4 is 5.32 Å². The Morgan fingerprint density at radius 3 is 2.44 bits per heavy atom. The lowest BCUT2D eigenvalue weighted by Crippen LogP contribution is -2.48. The Morgan fingerprint density at radius 1 is 1.14 bits per heavy atom. The first-order valence-electron chi connectivity index (χ1n) is 14.2. The number of likely N-dealkylation sites (tertiary alicyclic amines) is 1. The van der Waals surface area contributed by atoms with Crippen molar-refractivity contribution in [3.8, 4) is 17.1 Å². The summed E-state index contributed by atoms with van der Waals surface area (Å²) in [6.45, 7) is 4.23. The molecule has 3 fully saturated rings. The second-order valence-corrected chi connectivity index (χ2v) is 13.9. The highest BCUT2D eigenvalue weighted by atomic mass is 32.2. The fraction of sp³-hybridized carbons (Fsp3) is 0.536. The number of nitrogens with zero attached hydrogens (tertiary/aromatic N) is 6. The second kappa shape index (κ2) is 10.8. The highest BCUT2D eigenvalue weighted by molar-refractivity contribution is 7.88.